The summed E-state index contributed by atoms with van der Waals surface area (Å²) in [5.41, 5.74) is 6.46. The smallest absolute Gasteiger partial charge is 0.266 e. The molecule has 7 heteroatoms. The molecule has 0 atom stereocenters. The van der Waals surface area contributed by atoms with Gasteiger partial charge in [-0.05, 0) is 18.2 Å². The second kappa shape index (κ2) is 6.21. The van der Waals surface area contributed by atoms with Gasteiger partial charge in [-0.1, -0.05) is 30.3 Å². The monoisotopic (exact) mass is 332 g/mol. The van der Waals surface area contributed by atoms with Crippen molar-refractivity contribution in [1.82, 2.24) is 4.31 Å². The Bertz CT molecular complexity index is 861. The van der Waals surface area contributed by atoms with E-state index in [0.29, 0.717) is 9.87 Å². The minimum absolute atomic E-state index is 0.0780. The molecule has 0 aromatic heterocycles. The Balaban J connectivity index is 2.53. The van der Waals surface area contributed by atoms with Crippen LogP contribution in [0.3, 0.4) is 0 Å². The van der Waals surface area contributed by atoms with Crippen molar-refractivity contribution in [3.05, 3.63) is 59.7 Å². The van der Waals surface area contributed by atoms with Crippen LogP contribution < -0.4 is 5.73 Å². The lowest BCUT2D eigenvalue weighted by Crippen LogP contribution is -2.31. The lowest BCUT2D eigenvalue weighted by Gasteiger charge is -2.16. The summed E-state index contributed by atoms with van der Waals surface area (Å²) >= 11 is 0. The Labute approximate surface area is 134 Å². The number of ketones is 1. The van der Waals surface area contributed by atoms with Crippen molar-refractivity contribution in [2.45, 2.75) is 11.8 Å². The van der Waals surface area contributed by atoms with E-state index in [2.05, 4.69) is 0 Å². The zero-order chi connectivity index (χ0) is 17.2. The zero-order valence-electron chi connectivity index (χ0n) is 12.7. The van der Waals surface area contributed by atoms with E-state index >= 15 is 0 Å². The summed E-state index contributed by atoms with van der Waals surface area (Å²) in [6, 6.07) is 12.2. The van der Waals surface area contributed by atoms with Crippen LogP contribution in [0.25, 0.3) is 0 Å². The van der Waals surface area contributed by atoms with Gasteiger partial charge in [0.15, 0.2) is 5.78 Å². The van der Waals surface area contributed by atoms with Gasteiger partial charge in [0.05, 0.1) is 4.90 Å². The third kappa shape index (κ3) is 3.24. The predicted octanol–water partition coefficient (Wildman–Crippen LogP) is 1.67. The fourth-order valence-electron chi connectivity index (χ4n) is 1.96. The predicted molar refractivity (Wildman–Crippen MR) is 86.4 cm³/mol. The van der Waals surface area contributed by atoms with Gasteiger partial charge in [0, 0.05) is 30.8 Å². The van der Waals surface area contributed by atoms with E-state index in [0.717, 1.165) is 14.0 Å². The van der Waals surface area contributed by atoms with Gasteiger partial charge in [-0.25, -0.2) is 12.7 Å². The number of nitrogen functional groups attached to an aromatic ring is 1. The number of sulfonamides is 1. The van der Waals surface area contributed by atoms with E-state index in [1.807, 2.05) is 0 Å². The van der Waals surface area contributed by atoms with Crippen LogP contribution in [0.5, 0.6) is 0 Å². The van der Waals surface area contributed by atoms with Crippen LogP contribution in [0.1, 0.15) is 22.8 Å². The van der Waals surface area contributed by atoms with E-state index in [1.54, 1.807) is 30.3 Å². The van der Waals surface area contributed by atoms with Crippen LogP contribution in [0.4, 0.5) is 5.69 Å². The molecule has 0 saturated heterocycles. The molecule has 0 unspecified atom stereocenters. The molecule has 0 aliphatic carbocycles. The Hall–Kier alpha value is -2.67. The molecule has 0 aliphatic rings. The van der Waals surface area contributed by atoms with Crippen LogP contribution in [0.2, 0.25) is 0 Å². The normalized spacial score (nSPS) is 11.0. The topological polar surface area (TPSA) is 97.5 Å². The number of rotatable bonds is 4. The summed E-state index contributed by atoms with van der Waals surface area (Å²) in [5.74, 6) is -1.01. The molecule has 0 saturated carbocycles. The summed E-state index contributed by atoms with van der Waals surface area (Å²) in [6.45, 7) is 1.14. The summed E-state index contributed by atoms with van der Waals surface area (Å²) in [5, 5.41) is 0. The van der Waals surface area contributed by atoms with Gasteiger partial charge in [-0.3, -0.25) is 9.59 Å². The van der Waals surface area contributed by atoms with Gasteiger partial charge in [0.2, 0.25) is 5.91 Å². The van der Waals surface area contributed by atoms with Gasteiger partial charge in [0.25, 0.3) is 10.0 Å². The third-order valence-electron chi connectivity index (χ3n) is 3.41. The lowest BCUT2D eigenvalue weighted by molar-refractivity contribution is -0.123. The Morgan fingerprint density at radius 1 is 1.04 bits per heavy atom. The first-order chi connectivity index (χ1) is 10.7. The molecular weight excluding hydrogens is 316 g/mol. The first-order valence-corrected chi connectivity index (χ1v) is 8.18. The van der Waals surface area contributed by atoms with Crippen molar-refractivity contribution in [2.24, 2.45) is 0 Å². The molecule has 0 radical (unpaired) electrons. The van der Waals surface area contributed by atoms with Gasteiger partial charge in [-0.2, -0.15) is 0 Å². The molecule has 120 valence electrons. The Kier molecular flexibility index (Phi) is 4.51. The standard InChI is InChI=1S/C16H16N2O4S/c1-11(19)18(2)23(21,22)13-8-9-15(17)14(10-13)16(20)12-6-4-3-5-7-12/h3-10H,17H2,1-2H3. The molecule has 0 spiro atoms. The highest BCUT2D eigenvalue weighted by Crippen LogP contribution is 2.23. The maximum Gasteiger partial charge on any atom is 0.266 e. The number of hydrogen-bond donors (Lipinski definition) is 1. The minimum atomic E-state index is -4.02. The second-order valence-electron chi connectivity index (χ2n) is 4.94. The fraction of sp³-hybridized carbons (Fsp3) is 0.125. The zero-order valence-corrected chi connectivity index (χ0v) is 13.5. The number of carbonyl (C=O) groups excluding carboxylic acids is 2. The van der Waals surface area contributed by atoms with Crippen molar-refractivity contribution < 1.29 is 18.0 Å². The van der Waals surface area contributed by atoms with Crippen LogP contribution in [0.15, 0.2) is 53.4 Å². The van der Waals surface area contributed by atoms with E-state index in [-0.39, 0.29) is 21.9 Å². The summed E-state index contributed by atoms with van der Waals surface area (Å²) < 4.78 is 25.3. The number of carbonyl (C=O) groups is 2. The highest BCUT2D eigenvalue weighted by Gasteiger charge is 2.25. The van der Waals surface area contributed by atoms with Crippen LogP contribution in [0, 0.1) is 0 Å². The maximum absolute atomic E-state index is 12.5. The van der Waals surface area contributed by atoms with Crippen LogP contribution in [-0.2, 0) is 14.8 Å². The van der Waals surface area contributed by atoms with Crippen molar-refractivity contribution in [1.29, 1.82) is 0 Å². The number of anilines is 1. The molecule has 0 aliphatic heterocycles. The van der Waals surface area contributed by atoms with Crippen molar-refractivity contribution in [3.8, 4) is 0 Å². The molecule has 0 fully saturated rings. The van der Waals surface area contributed by atoms with E-state index in [9.17, 15) is 18.0 Å². The average Bonchev–Trinajstić information content (AvgIpc) is 2.54. The molecule has 23 heavy (non-hydrogen) atoms. The number of nitrogens with two attached hydrogens (primary N) is 1. The van der Waals surface area contributed by atoms with E-state index in [4.69, 9.17) is 5.73 Å². The van der Waals surface area contributed by atoms with Crippen molar-refractivity contribution in [2.75, 3.05) is 12.8 Å². The molecule has 2 N–H and O–H groups in total. The molecule has 6 nitrogen and oxygen atoms in total. The van der Waals surface area contributed by atoms with Gasteiger partial charge < -0.3 is 5.73 Å². The number of hydrogen-bond acceptors (Lipinski definition) is 5. The highest BCUT2D eigenvalue weighted by atomic mass is 32.2. The Morgan fingerprint density at radius 2 is 1.65 bits per heavy atom. The van der Waals surface area contributed by atoms with Crippen molar-refractivity contribution >= 4 is 27.4 Å². The third-order valence-corrected chi connectivity index (χ3v) is 5.24. The highest BCUT2D eigenvalue weighted by molar-refractivity contribution is 7.89. The number of amides is 1. The summed E-state index contributed by atoms with van der Waals surface area (Å²) in [6.07, 6.45) is 0. The van der Waals surface area contributed by atoms with Gasteiger partial charge >= 0.3 is 0 Å². The first kappa shape index (κ1) is 16.7. The van der Waals surface area contributed by atoms with Crippen molar-refractivity contribution in [3.63, 3.8) is 0 Å². The molecular formula is C16H16N2O4S. The number of nitrogens with zero attached hydrogens (tertiary/aromatic N) is 1. The Morgan fingerprint density at radius 3 is 2.22 bits per heavy atom. The quantitative estimate of drug-likeness (QED) is 0.678. The molecule has 2 aromatic carbocycles. The molecule has 1 amide bonds. The minimum Gasteiger partial charge on any atom is -0.398 e. The fourth-order valence-corrected chi connectivity index (χ4v) is 3.13. The number of benzene rings is 2. The van der Waals surface area contributed by atoms with Gasteiger partial charge in [-0.15, -0.1) is 0 Å². The molecule has 2 rings (SSSR count). The first-order valence-electron chi connectivity index (χ1n) is 6.74. The van der Waals surface area contributed by atoms with Crippen LogP contribution >= 0.6 is 0 Å². The SMILES string of the molecule is CC(=O)N(C)S(=O)(=O)c1ccc(N)c(C(=O)c2ccccc2)c1. The summed E-state index contributed by atoms with van der Waals surface area (Å²) in [7, 11) is -2.86. The van der Waals surface area contributed by atoms with Gasteiger partial charge in [0.1, 0.15) is 0 Å². The molecule has 0 heterocycles. The second-order valence-corrected chi connectivity index (χ2v) is 6.91. The van der Waals surface area contributed by atoms with E-state index in [1.165, 1.54) is 18.2 Å². The van der Waals surface area contributed by atoms with E-state index < -0.39 is 15.9 Å². The molecule has 0 bridgehead atoms. The average molecular weight is 332 g/mol. The van der Waals surface area contributed by atoms with Crippen LogP contribution in [-0.4, -0.2) is 31.5 Å². The summed E-state index contributed by atoms with van der Waals surface area (Å²) in [4.78, 5) is 23.7. The largest absolute Gasteiger partial charge is 0.398 e. The maximum atomic E-state index is 12.5. The lowest BCUT2D eigenvalue weighted by atomic mass is 10.0. The molecule has 2 aromatic rings.